The van der Waals surface area contributed by atoms with Crippen molar-refractivity contribution in [3.05, 3.63) is 21.9 Å². The van der Waals surface area contributed by atoms with E-state index >= 15 is 0 Å². The molecule has 1 N–H and O–H groups in total. The summed E-state index contributed by atoms with van der Waals surface area (Å²) in [5.41, 5.74) is 1.41. The van der Waals surface area contributed by atoms with Crippen LogP contribution in [0.25, 0.3) is 0 Å². The Kier molecular flexibility index (Phi) is 6.17. The van der Waals surface area contributed by atoms with Gasteiger partial charge in [-0.25, -0.2) is 0 Å². The van der Waals surface area contributed by atoms with E-state index in [4.69, 9.17) is 0 Å². The molecule has 3 heteroatoms. The van der Waals surface area contributed by atoms with E-state index in [0.29, 0.717) is 12.1 Å². The average molecular weight is 254 g/mol. The minimum atomic E-state index is 0.625. The van der Waals surface area contributed by atoms with Gasteiger partial charge in [0.2, 0.25) is 0 Å². The van der Waals surface area contributed by atoms with E-state index < -0.39 is 0 Å². The first-order valence-corrected chi connectivity index (χ1v) is 7.39. The Balaban J connectivity index is 2.25. The Labute approximate surface area is 110 Å². The second kappa shape index (κ2) is 7.14. The number of nitrogens with zero attached hydrogens (tertiary/aromatic N) is 1. The van der Waals surface area contributed by atoms with Crippen LogP contribution in [0, 0.1) is 6.92 Å². The van der Waals surface area contributed by atoms with E-state index in [1.807, 2.05) is 11.3 Å². The predicted octanol–water partition coefficient (Wildman–Crippen LogP) is 3.26. The summed E-state index contributed by atoms with van der Waals surface area (Å²) in [6, 6.07) is 3.44. The normalized spacial score (nSPS) is 12.0. The van der Waals surface area contributed by atoms with Crippen molar-refractivity contribution in [2.45, 2.75) is 53.2 Å². The predicted molar refractivity (Wildman–Crippen MR) is 77.7 cm³/mol. The van der Waals surface area contributed by atoms with Gasteiger partial charge in [0.15, 0.2) is 0 Å². The van der Waals surface area contributed by atoms with Gasteiger partial charge < -0.3 is 5.32 Å². The Morgan fingerprint density at radius 1 is 1.24 bits per heavy atom. The van der Waals surface area contributed by atoms with Crippen LogP contribution >= 0.6 is 11.3 Å². The molecule has 0 aliphatic carbocycles. The fourth-order valence-electron chi connectivity index (χ4n) is 2.11. The van der Waals surface area contributed by atoms with E-state index in [-0.39, 0.29) is 0 Å². The van der Waals surface area contributed by atoms with Crippen molar-refractivity contribution in [3.8, 4) is 0 Å². The quantitative estimate of drug-likeness (QED) is 0.751. The van der Waals surface area contributed by atoms with E-state index in [1.54, 1.807) is 0 Å². The Bertz CT molecular complexity index is 310. The first-order valence-electron chi connectivity index (χ1n) is 6.51. The van der Waals surface area contributed by atoms with Crippen LogP contribution in [0.4, 0.5) is 0 Å². The lowest BCUT2D eigenvalue weighted by Gasteiger charge is -2.30. The van der Waals surface area contributed by atoms with Crippen molar-refractivity contribution in [2.75, 3.05) is 13.1 Å². The van der Waals surface area contributed by atoms with Crippen LogP contribution in [0.1, 0.15) is 38.1 Å². The van der Waals surface area contributed by atoms with Gasteiger partial charge in [0, 0.05) is 36.6 Å². The smallest absolute Gasteiger partial charge is 0.0302 e. The molecule has 1 aromatic rings. The highest BCUT2D eigenvalue weighted by Gasteiger charge is 2.12. The molecule has 0 unspecified atom stereocenters. The largest absolute Gasteiger partial charge is 0.311 e. The lowest BCUT2D eigenvalue weighted by molar-refractivity contribution is 0.176. The van der Waals surface area contributed by atoms with E-state index in [1.165, 1.54) is 10.4 Å². The van der Waals surface area contributed by atoms with E-state index in [9.17, 15) is 0 Å². The molecule has 1 heterocycles. The lowest BCUT2D eigenvalue weighted by atomic mass is 10.2. The molecule has 0 aliphatic heterocycles. The summed E-state index contributed by atoms with van der Waals surface area (Å²) in [7, 11) is 0. The fourth-order valence-corrected chi connectivity index (χ4v) is 2.98. The number of rotatable bonds is 7. The third-order valence-corrected chi connectivity index (χ3v) is 4.15. The van der Waals surface area contributed by atoms with Gasteiger partial charge in [-0.05, 0) is 51.6 Å². The van der Waals surface area contributed by atoms with Crippen molar-refractivity contribution in [1.82, 2.24) is 10.2 Å². The second-order valence-electron chi connectivity index (χ2n) is 5.13. The summed E-state index contributed by atoms with van der Waals surface area (Å²) in [6.45, 7) is 14.4. The first-order chi connectivity index (χ1) is 8.02. The Morgan fingerprint density at radius 3 is 2.35 bits per heavy atom. The molecule has 0 aliphatic rings. The van der Waals surface area contributed by atoms with Crippen molar-refractivity contribution in [1.29, 1.82) is 0 Å². The first kappa shape index (κ1) is 14.7. The zero-order chi connectivity index (χ0) is 12.8. The van der Waals surface area contributed by atoms with Gasteiger partial charge in [-0.2, -0.15) is 0 Å². The van der Waals surface area contributed by atoms with E-state index in [0.717, 1.165) is 19.6 Å². The highest BCUT2D eigenvalue weighted by molar-refractivity contribution is 7.10. The molecule has 0 bridgehead atoms. The summed E-state index contributed by atoms with van der Waals surface area (Å²) < 4.78 is 0. The molecule has 0 atom stereocenters. The maximum atomic E-state index is 3.54. The monoisotopic (exact) mass is 254 g/mol. The molecule has 0 spiro atoms. The van der Waals surface area contributed by atoms with Crippen molar-refractivity contribution in [2.24, 2.45) is 0 Å². The number of thiophene rings is 1. The maximum absolute atomic E-state index is 3.54. The second-order valence-corrected chi connectivity index (χ2v) is 6.13. The Morgan fingerprint density at radius 2 is 1.88 bits per heavy atom. The molecule has 98 valence electrons. The molecule has 0 saturated heterocycles. The molecular weight excluding hydrogens is 228 g/mol. The molecule has 0 radical (unpaired) electrons. The molecule has 1 aromatic heterocycles. The fraction of sp³-hybridized carbons (Fsp3) is 0.714. The van der Waals surface area contributed by atoms with Gasteiger partial charge in [0.05, 0.1) is 0 Å². The zero-order valence-electron chi connectivity index (χ0n) is 11.8. The molecule has 1 rings (SSSR count). The summed E-state index contributed by atoms with van der Waals surface area (Å²) in [5.74, 6) is 0. The van der Waals surface area contributed by atoms with Crippen LogP contribution < -0.4 is 5.32 Å². The minimum absolute atomic E-state index is 0.625. The van der Waals surface area contributed by atoms with Crippen LogP contribution in [0.3, 0.4) is 0 Å². The van der Waals surface area contributed by atoms with Crippen LogP contribution in [-0.2, 0) is 6.54 Å². The zero-order valence-corrected chi connectivity index (χ0v) is 12.6. The number of hydrogen-bond acceptors (Lipinski definition) is 3. The summed E-state index contributed by atoms with van der Waals surface area (Å²) in [4.78, 5) is 3.99. The van der Waals surface area contributed by atoms with E-state index in [2.05, 4.69) is 56.3 Å². The van der Waals surface area contributed by atoms with Gasteiger partial charge in [0.1, 0.15) is 0 Å². The lowest BCUT2D eigenvalue weighted by Crippen LogP contribution is -2.41. The van der Waals surface area contributed by atoms with Crippen LogP contribution in [-0.4, -0.2) is 30.1 Å². The third-order valence-electron chi connectivity index (χ3n) is 3.13. The number of nitrogens with one attached hydrogen (secondary N) is 1. The van der Waals surface area contributed by atoms with Crippen LogP contribution in [0.5, 0.6) is 0 Å². The minimum Gasteiger partial charge on any atom is -0.311 e. The van der Waals surface area contributed by atoms with Crippen LogP contribution in [0.2, 0.25) is 0 Å². The molecular formula is C14H26N2S. The molecule has 0 saturated carbocycles. The highest BCUT2D eigenvalue weighted by Crippen LogP contribution is 2.14. The third kappa shape index (κ3) is 4.78. The summed E-state index contributed by atoms with van der Waals surface area (Å²) in [5, 5.41) is 5.71. The van der Waals surface area contributed by atoms with Crippen molar-refractivity contribution < 1.29 is 0 Å². The summed E-state index contributed by atoms with van der Waals surface area (Å²) in [6.07, 6.45) is 0. The molecule has 0 amide bonds. The maximum Gasteiger partial charge on any atom is 0.0302 e. The highest BCUT2D eigenvalue weighted by atomic mass is 32.1. The molecule has 2 nitrogen and oxygen atoms in total. The number of aryl methyl sites for hydroxylation is 1. The summed E-state index contributed by atoms with van der Waals surface area (Å²) >= 11 is 1.84. The topological polar surface area (TPSA) is 15.3 Å². The van der Waals surface area contributed by atoms with Crippen molar-refractivity contribution in [3.63, 3.8) is 0 Å². The Hall–Kier alpha value is -0.380. The van der Waals surface area contributed by atoms with Gasteiger partial charge in [0.25, 0.3) is 0 Å². The van der Waals surface area contributed by atoms with Crippen molar-refractivity contribution >= 4 is 11.3 Å². The average Bonchev–Trinajstić information content (AvgIpc) is 2.63. The van der Waals surface area contributed by atoms with Gasteiger partial charge in [-0.3, -0.25) is 4.90 Å². The molecule has 0 aromatic carbocycles. The molecule has 17 heavy (non-hydrogen) atoms. The standard InChI is InChI=1S/C14H26N2S/c1-11(2)16(12(3)4)8-7-15-10-14-13(5)6-9-17-14/h6,9,11-12,15H,7-8,10H2,1-5H3. The van der Waals surface area contributed by atoms with Gasteiger partial charge in [-0.15, -0.1) is 11.3 Å². The van der Waals surface area contributed by atoms with Gasteiger partial charge in [-0.1, -0.05) is 0 Å². The molecule has 0 fully saturated rings. The van der Waals surface area contributed by atoms with Crippen LogP contribution in [0.15, 0.2) is 11.4 Å². The number of hydrogen-bond donors (Lipinski definition) is 1. The SMILES string of the molecule is Cc1ccsc1CNCCN(C(C)C)C(C)C. The van der Waals surface area contributed by atoms with Gasteiger partial charge >= 0.3 is 0 Å².